The van der Waals surface area contributed by atoms with Crippen LogP contribution < -0.4 is 26.0 Å². The van der Waals surface area contributed by atoms with Crippen LogP contribution in [0.3, 0.4) is 0 Å². The average Bonchev–Trinajstić information content (AvgIpc) is 2.86. The lowest BCUT2D eigenvalue weighted by Gasteiger charge is -2.34. The van der Waals surface area contributed by atoms with Gasteiger partial charge in [-0.05, 0) is 51.3 Å². The van der Waals surface area contributed by atoms with Crippen molar-refractivity contribution in [3.63, 3.8) is 0 Å². The molecule has 2 aromatic rings. The third-order valence-corrected chi connectivity index (χ3v) is 6.86. The number of aliphatic hydroxyl groups is 1. The van der Waals surface area contributed by atoms with Crippen molar-refractivity contribution in [2.24, 2.45) is 5.73 Å². The van der Waals surface area contributed by atoms with Gasteiger partial charge in [-0.1, -0.05) is 6.92 Å². The van der Waals surface area contributed by atoms with Gasteiger partial charge in [0.05, 0.1) is 24.6 Å². The van der Waals surface area contributed by atoms with Gasteiger partial charge in [0.15, 0.2) is 11.5 Å². The summed E-state index contributed by atoms with van der Waals surface area (Å²) in [5.74, 6) is 1.06. The lowest BCUT2D eigenvalue weighted by atomic mass is 9.93. The summed E-state index contributed by atoms with van der Waals surface area (Å²) in [5, 5.41) is 16.5. The number of piperazine rings is 1. The Morgan fingerprint density at radius 2 is 1.86 bits per heavy atom. The molecule has 1 aromatic carbocycles. The average molecular weight is 484 g/mol. The number of nitrogens with zero attached hydrogens (tertiary/aromatic N) is 4. The maximum absolute atomic E-state index is 12.2. The number of aryl methyl sites for hydroxylation is 1. The number of benzene rings is 1. The predicted molar refractivity (Wildman–Crippen MR) is 138 cm³/mol. The summed E-state index contributed by atoms with van der Waals surface area (Å²) in [6, 6.07) is 6.08. The molecule has 5 N–H and O–H groups in total. The third kappa shape index (κ3) is 5.94. The zero-order chi connectivity index (χ0) is 24.9. The smallest absolute Gasteiger partial charge is 0.271 e. The van der Waals surface area contributed by atoms with Crippen LogP contribution in [0.4, 0.5) is 23.0 Å². The van der Waals surface area contributed by atoms with Gasteiger partial charge < -0.3 is 36.0 Å². The Balaban J connectivity index is 1.60. The molecule has 0 unspecified atom stereocenters. The number of nitrogens with two attached hydrogens (primary N) is 1. The number of ether oxygens (including phenoxy) is 1. The van der Waals surface area contributed by atoms with Crippen molar-refractivity contribution in [3.8, 4) is 5.75 Å². The molecule has 10 heteroatoms. The van der Waals surface area contributed by atoms with Crippen molar-refractivity contribution < 1.29 is 14.6 Å². The fourth-order valence-corrected chi connectivity index (χ4v) is 4.71. The van der Waals surface area contributed by atoms with Crippen LogP contribution in [0.5, 0.6) is 5.75 Å². The Kier molecular flexibility index (Phi) is 7.92. The fourth-order valence-electron chi connectivity index (χ4n) is 4.71. The Morgan fingerprint density at radius 1 is 1.14 bits per heavy atom. The molecule has 1 aliphatic heterocycles. The maximum Gasteiger partial charge on any atom is 0.271 e. The molecule has 1 saturated carbocycles. The highest BCUT2D eigenvalue weighted by molar-refractivity contribution is 5.96. The van der Waals surface area contributed by atoms with Crippen LogP contribution in [-0.4, -0.2) is 78.4 Å². The zero-order valence-electron chi connectivity index (χ0n) is 20.9. The lowest BCUT2D eigenvalue weighted by Crippen LogP contribution is -2.44. The van der Waals surface area contributed by atoms with E-state index in [1.165, 1.54) is 0 Å². The van der Waals surface area contributed by atoms with Crippen LogP contribution in [0.1, 0.15) is 48.8 Å². The zero-order valence-corrected chi connectivity index (χ0v) is 20.9. The molecule has 0 spiro atoms. The monoisotopic (exact) mass is 483 g/mol. The summed E-state index contributed by atoms with van der Waals surface area (Å²) in [4.78, 5) is 26.1. The van der Waals surface area contributed by atoms with Gasteiger partial charge in [0.2, 0.25) is 0 Å². The number of hydrogen-bond donors (Lipinski definition) is 4. The molecule has 35 heavy (non-hydrogen) atoms. The number of primary amides is 1. The van der Waals surface area contributed by atoms with Gasteiger partial charge in [-0.15, -0.1) is 0 Å². The number of anilines is 4. The van der Waals surface area contributed by atoms with Crippen molar-refractivity contribution in [2.75, 3.05) is 55.9 Å². The second-order valence-corrected chi connectivity index (χ2v) is 9.39. The minimum atomic E-state index is -0.636. The minimum absolute atomic E-state index is 0.105. The molecule has 0 bridgehead atoms. The van der Waals surface area contributed by atoms with Gasteiger partial charge in [-0.2, -0.15) is 0 Å². The number of likely N-dealkylation sites (N-methyl/N-ethyl adjacent to an activating group) is 1. The second kappa shape index (κ2) is 11.1. The summed E-state index contributed by atoms with van der Waals surface area (Å²) in [7, 11) is 3.79. The largest absolute Gasteiger partial charge is 0.495 e. The second-order valence-electron chi connectivity index (χ2n) is 9.39. The Bertz CT molecular complexity index is 1030. The molecular weight excluding hydrogens is 446 g/mol. The minimum Gasteiger partial charge on any atom is -0.495 e. The number of rotatable bonds is 8. The molecule has 0 atom stereocenters. The predicted octanol–water partition coefficient (Wildman–Crippen LogP) is 2.36. The Morgan fingerprint density at radius 3 is 2.49 bits per heavy atom. The number of carbonyl (C=O) groups is 1. The van der Waals surface area contributed by atoms with E-state index < -0.39 is 5.91 Å². The highest BCUT2D eigenvalue weighted by atomic mass is 16.5. The van der Waals surface area contributed by atoms with E-state index in [4.69, 9.17) is 15.5 Å². The molecular formula is C25H37N7O3. The first-order chi connectivity index (χ1) is 16.9. The van der Waals surface area contributed by atoms with Crippen LogP contribution >= 0.6 is 0 Å². The summed E-state index contributed by atoms with van der Waals surface area (Å²) in [5.41, 5.74) is 8.23. The summed E-state index contributed by atoms with van der Waals surface area (Å²) < 4.78 is 5.70. The number of nitrogens with one attached hydrogen (secondary N) is 2. The number of hydrogen-bond acceptors (Lipinski definition) is 9. The van der Waals surface area contributed by atoms with E-state index in [1.54, 1.807) is 7.11 Å². The van der Waals surface area contributed by atoms with Gasteiger partial charge >= 0.3 is 0 Å². The van der Waals surface area contributed by atoms with Crippen molar-refractivity contribution in [1.29, 1.82) is 0 Å². The number of carbonyl (C=O) groups excluding carboxylic acids is 1. The van der Waals surface area contributed by atoms with E-state index in [0.717, 1.165) is 69.0 Å². The number of amides is 1. The molecule has 0 radical (unpaired) electrons. The van der Waals surface area contributed by atoms with Gasteiger partial charge in [-0.3, -0.25) is 4.79 Å². The molecule has 1 aliphatic carbocycles. The first-order valence-corrected chi connectivity index (χ1v) is 12.4. The molecule has 1 amide bonds. The fraction of sp³-hybridized carbons (Fsp3) is 0.560. The third-order valence-electron chi connectivity index (χ3n) is 6.86. The quantitative estimate of drug-likeness (QED) is 0.447. The SMILES string of the molecule is CCc1nc(C(N)=O)c(Nc2ccc(N3CCN(C)CC3)c(OC)c2)nc1N[C@H]1CC[C@H](O)CC1. The number of aromatic nitrogens is 2. The molecule has 10 nitrogen and oxygen atoms in total. The van der Waals surface area contributed by atoms with E-state index >= 15 is 0 Å². The molecule has 1 saturated heterocycles. The van der Waals surface area contributed by atoms with Crippen LogP contribution in [-0.2, 0) is 6.42 Å². The number of aliphatic hydroxyl groups excluding tert-OH is 1. The van der Waals surface area contributed by atoms with E-state index in [9.17, 15) is 9.90 Å². The maximum atomic E-state index is 12.2. The summed E-state index contributed by atoms with van der Waals surface area (Å²) in [6.07, 6.45) is 3.61. The van der Waals surface area contributed by atoms with Gasteiger partial charge in [0, 0.05) is 44.0 Å². The van der Waals surface area contributed by atoms with E-state index in [2.05, 4.69) is 32.5 Å². The molecule has 1 aromatic heterocycles. The van der Waals surface area contributed by atoms with Gasteiger partial charge in [-0.25, -0.2) is 9.97 Å². The van der Waals surface area contributed by atoms with Crippen molar-refractivity contribution in [2.45, 2.75) is 51.2 Å². The number of methoxy groups -OCH3 is 1. The van der Waals surface area contributed by atoms with Crippen LogP contribution in [0, 0.1) is 0 Å². The van der Waals surface area contributed by atoms with Crippen LogP contribution in [0.2, 0.25) is 0 Å². The van der Waals surface area contributed by atoms with Gasteiger partial charge in [0.25, 0.3) is 5.91 Å². The van der Waals surface area contributed by atoms with E-state index in [1.807, 2.05) is 25.1 Å². The molecule has 2 fully saturated rings. The Labute approximate surface area is 206 Å². The van der Waals surface area contributed by atoms with Crippen molar-refractivity contribution >= 4 is 28.9 Å². The Hall–Kier alpha value is -3.11. The summed E-state index contributed by atoms with van der Waals surface area (Å²) in [6.45, 7) is 5.84. The van der Waals surface area contributed by atoms with Crippen molar-refractivity contribution in [3.05, 3.63) is 29.6 Å². The highest BCUT2D eigenvalue weighted by Crippen LogP contribution is 2.34. The molecule has 190 valence electrons. The standard InChI is InChI=1S/C25H37N7O3/c1-4-19-24(27-16-5-8-18(33)9-6-16)30-25(22(29-19)23(26)34)28-17-7-10-20(21(15-17)35-3)32-13-11-31(2)12-14-32/h7,10,15-16,18,33H,4-6,8-9,11-14H2,1-3H3,(H2,26,34)(H2,27,28,30)/t16-,18-. The van der Waals surface area contributed by atoms with E-state index in [-0.39, 0.29) is 17.8 Å². The highest BCUT2D eigenvalue weighted by Gasteiger charge is 2.23. The van der Waals surface area contributed by atoms with Gasteiger partial charge in [0.1, 0.15) is 11.6 Å². The molecule has 4 rings (SSSR count). The first kappa shape index (κ1) is 25.0. The first-order valence-electron chi connectivity index (χ1n) is 12.4. The van der Waals surface area contributed by atoms with Crippen LogP contribution in [0.25, 0.3) is 0 Å². The van der Waals surface area contributed by atoms with Crippen molar-refractivity contribution in [1.82, 2.24) is 14.9 Å². The van der Waals surface area contributed by atoms with Crippen LogP contribution in [0.15, 0.2) is 18.2 Å². The summed E-state index contributed by atoms with van der Waals surface area (Å²) >= 11 is 0. The normalized spacial score (nSPS) is 21.0. The molecule has 2 aliphatic rings. The van der Waals surface area contributed by atoms with E-state index in [0.29, 0.717) is 23.8 Å². The topological polar surface area (TPSA) is 129 Å². The molecule has 2 heterocycles. The lowest BCUT2D eigenvalue weighted by molar-refractivity contribution is 0.0996.